The van der Waals surface area contributed by atoms with Crippen molar-refractivity contribution in [1.29, 1.82) is 0 Å². The van der Waals surface area contributed by atoms with Crippen molar-refractivity contribution in [2.45, 2.75) is 12.5 Å². The standard InChI is InChI=1S/C6H11N3/c7-2-1-6-5-8-3-4-9-6/h3-6,9H,1-2,7H2. The predicted molar refractivity (Wildman–Crippen MR) is 38.2 cm³/mol. The second kappa shape index (κ2) is 3.25. The van der Waals surface area contributed by atoms with E-state index in [1.54, 1.807) is 6.20 Å². The summed E-state index contributed by atoms with van der Waals surface area (Å²) in [6, 6.07) is 0.347. The van der Waals surface area contributed by atoms with Crippen LogP contribution in [0.4, 0.5) is 0 Å². The monoisotopic (exact) mass is 125 g/mol. The third-order valence-corrected chi connectivity index (χ3v) is 1.21. The van der Waals surface area contributed by atoms with E-state index in [0.29, 0.717) is 12.6 Å². The highest BCUT2D eigenvalue weighted by atomic mass is 14.9. The first-order valence-electron chi connectivity index (χ1n) is 3.08. The molecule has 0 aromatic heterocycles. The van der Waals surface area contributed by atoms with Crippen LogP contribution in [0.25, 0.3) is 0 Å². The predicted octanol–water partition coefficient (Wildman–Crippen LogP) is -0.151. The molecule has 1 heterocycles. The molecule has 0 aliphatic carbocycles. The Morgan fingerprint density at radius 3 is 3.11 bits per heavy atom. The number of aliphatic imine (C=N–C) groups is 1. The van der Waals surface area contributed by atoms with E-state index in [1.807, 2.05) is 12.4 Å². The summed E-state index contributed by atoms with van der Waals surface area (Å²) in [7, 11) is 0. The molecule has 3 heteroatoms. The lowest BCUT2D eigenvalue weighted by atomic mass is 10.2. The van der Waals surface area contributed by atoms with Crippen molar-refractivity contribution in [3.8, 4) is 0 Å². The van der Waals surface area contributed by atoms with Gasteiger partial charge in [-0.05, 0) is 13.0 Å². The molecule has 0 radical (unpaired) electrons. The zero-order valence-corrected chi connectivity index (χ0v) is 5.25. The molecule has 0 bridgehead atoms. The second-order valence-electron chi connectivity index (χ2n) is 1.96. The van der Waals surface area contributed by atoms with Gasteiger partial charge in [0.15, 0.2) is 0 Å². The van der Waals surface area contributed by atoms with Crippen molar-refractivity contribution in [3.63, 3.8) is 0 Å². The maximum Gasteiger partial charge on any atom is 0.0623 e. The zero-order chi connectivity index (χ0) is 6.53. The largest absolute Gasteiger partial charge is 0.382 e. The maximum atomic E-state index is 5.33. The minimum Gasteiger partial charge on any atom is -0.382 e. The van der Waals surface area contributed by atoms with Gasteiger partial charge in [0, 0.05) is 18.6 Å². The summed E-state index contributed by atoms with van der Waals surface area (Å²) in [5.41, 5.74) is 5.33. The van der Waals surface area contributed by atoms with Gasteiger partial charge >= 0.3 is 0 Å². The van der Waals surface area contributed by atoms with Crippen LogP contribution in [0.3, 0.4) is 0 Å². The van der Waals surface area contributed by atoms with Crippen LogP contribution in [0.5, 0.6) is 0 Å². The number of hydrogen-bond donors (Lipinski definition) is 2. The third kappa shape index (κ3) is 1.85. The summed E-state index contributed by atoms with van der Waals surface area (Å²) in [6.07, 6.45) is 6.38. The Morgan fingerprint density at radius 1 is 1.67 bits per heavy atom. The van der Waals surface area contributed by atoms with E-state index in [2.05, 4.69) is 10.3 Å². The quantitative estimate of drug-likeness (QED) is 0.539. The minimum absolute atomic E-state index is 0.347. The lowest BCUT2D eigenvalue weighted by molar-refractivity contribution is 0.678. The van der Waals surface area contributed by atoms with E-state index < -0.39 is 0 Å². The van der Waals surface area contributed by atoms with E-state index in [-0.39, 0.29) is 0 Å². The van der Waals surface area contributed by atoms with Crippen molar-refractivity contribution in [3.05, 3.63) is 12.4 Å². The van der Waals surface area contributed by atoms with E-state index in [1.165, 1.54) is 0 Å². The molecule has 1 rings (SSSR count). The number of rotatable bonds is 2. The molecule has 0 saturated heterocycles. The Bertz CT molecular complexity index is 128. The van der Waals surface area contributed by atoms with Gasteiger partial charge in [-0.3, -0.25) is 4.99 Å². The summed E-state index contributed by atoms with van der Waals surface area (Å²) in [6.45, 7) is 0.706. The molecule has 0 aromatic rings. The van der Waals surface area contributed by atoms with Crippen molar-refractivity contribution in [1.82, 2.24) is 5.32 Å². The smallest absolute Gasteiger partial charge is 0.0623 e. The summed E-state index contributed by atoms with van der Waals surface area (Å²) in [5.74, 6) is 0. The van der Waals surface area contributed by atoms with Crippen LogP contribution in [0.2, 0.25) is 0 Å². The number of nitrogens with one attached hydrogen (secondary N) is 1. The van der Waals surface area contributed by atoms with Crippen LogP contribution in [0, 0.1) is 0 Å². The lowest BCUT2D eigenvalue weighted by Gasteiger charge is -2.12. The van der Waals surface area contributed by atoms with Gasteiger partial charge in [0.05, 0.1) is 6.04 Å². The molecule has 1 aliphatic heterocycles. The van der Waals surface area contributed by atoms with Gasteiger partial charge in [-0.1, -0.05) is 0 Å². The lowest BCUT2D eigenvalue weighted by Crippen LogP contribution is -2.29. The Morgan fingerprint density at radius 2 is 2.56 bits per heavy atom. The molecule has 0 aromatic carbocycles. The molecule has 0 saturated carbocycles. The molecule has 9 heavy (non-hydrogen) atoms. The van der Waals surface area contributed by atoms with Gasteiger partial charge in [-0.25, -0.2) is 0 Å². The molecule has 0 amide bonds. The Labute approximate surface area is 54.7 Å². The van der Waals surface area contributed by atoms with Crippen LogP contribution in [-0.4, -0.2) is 18.8 Å². The zero-order valence-electron chi connectivity index (χ0n) is 5.25. The van der Waals surface area contributed by atoms with Crippen LogP contribution < -0.4 is 11.1 Å². The highest BCUT2D eigenvalue weighted by molar-refractivity contribution is 5.66. The summed E-state index contributed by atoms with van der Waals surface area (Å²) < 4.78 is 0. The highest BCUT2D eigenvalue weighted by Gasteiger charge is 2.01. The Kier molecular flexibility index (Phi) is 2.27. The Balaban J connectivity index is 2.28. The fourth-order valence-electron chi connectivity index (χ4n) is 0.744. The molecule has 0 fully saturated rings. The van der Waals surface area contributed by atoms with Gasteiger partial charge in [0.1, 0.15) is 0 Å². The van der Waals surface area contributed by atoms with Crippen molar-refractivity contribution >= 4 is 6.21 Å². The summed E-state index contributed by atoms with van der Waals surface area (Å²) in [4.78, 5) is 3.95. The van der Waals surface area contributed by atoms with Crippen LogP contribution in [0.15, 0.2) is 17.4 Å². The Hall–Kier alpha value is -0.830. The van der Waals surface area contributed by atoms with Gasteiger partial charge in [-0.15, -0.1) is 0 Å². The summed E-state index contributed by atoms with van der Waals surface area (Å²) >= 11 is 0. The molecule has 3 N–H and O–H groups in total. The number of nitrogens with zero attached hydrogens (tertiary/aromatic N) is 1. The van der Waals surface area contributed by atoms with E-state index in [4.69, 9.17) is 5.73 Å². The van der Waals surface area contributed by atoms with Crippen molar-refractivity contribution in [2.24, 2.45) is 10.7 Å². The first-order chi connectivity index (χ1) is 4.43. The van der Waals surface area contributed by atoms with Crippen LogP contribution >= 0.6 is 0 Å². The van der Waals surface area contributed by atoms with E-state index in [0.717, 1.165) is 6.42 Å². The van der Waals surface area contributed by atoms with E-state index >= 15 is 0 Å². The molecule has 0 spiro atoms. The van der Waals surface area contributed by atoms with Gasteiger partial charge in [0.25, 0.3) is 0 Å². The fourth-order valence-corrected chi connectivity index (χ4v) is 0.744. The number of hydrogen-bond acceptors (Lipinski definition) is 3. The molecule has 1 aliphatic rings. The SMILES string of the molecule is NCCC1C=NC=CN1. The van der Waals surface area contributed by atoms with E-state index in [9.17, 15) is 0 Å². The van der Waals surface area contributed by atoms with Crippen LogP contribution in [-0.2, 0) is 0 Å². The van der Waals surface area contributed by atoms with Crippen LogP contribution in [0.1, 0.15) is 6.42 Å². The highest BCUT2D eigenvalue weighted by Crippen LogP contribution is 1.91. The number of nitrogens with two attached hydrogens (primary N) is 1. The average Bonchev–Trinajstić information content (AvgIpc) is 1.91. The topological polar surface area (TPSA) is 50.4 Å². The molecule has 1 unspecified atom stereocenters. The molecule has 50 valence electrons. The third-order valence-electron chi connectivity index (χ3n) is 1.21. The molecule has 1 atom stereocenters. The van der Waals surface area contributed by atoms with Gasteiger partial charge in [0.2, 0.25) is 0 Å². The average molecular weight is 125 g/mol. The minimum atomic E-state index is 0.347. The first kappa shape index (κ1) is 6.29. The van der Waals surface area contributed by atoms with Crippen molar-refractivity contribution < 1.29 is 0 Å². The summed E-state index contributed by atoms with van der Waals surface area (Å²) in [5, 5.41) is 3.11. The fraction of sp³-hybridized carbons (Fsp3) is 0.500. The van der Waals surface area contributed by atoms with Gasteiger partial charge < -0.3 is 11.1 Å². The first-order valence-corrected chi connectivity index (χ1v) is 3.08. The normalized spacial score (nSPS) is 23.9. The van der Waals surface area contributed by atoms with Crippen molar-refractivity contribution in [2.75, 3.05) is 6.54 Å². The second-order valence-corrected chi connectivity index (χ2v) is 1.96. The molecule has 3 nitrogen and oxygen atoms in total. The molecular weight excluding hydrogens is 114 g/mol. The van der Waals surface area contributed by atoms with Gasteiger partial charge in [-0.2, -0.15) is 0 Å². The molecular formula is C6H11N3. The maximum absolute atomic E-state index is 5.33.